The molecule has 1 heterocycles. The molecule has 2 aromatic rings. The van der Waals surface area contributed by atoms with E-state index in [4.69, 9.17) is 4.74 Å². The highest BCUT2D eigenvalue weighted by atomic mass is 79.9. The van der Waals surface area contributed by atoms with Crippen LogP contribution in [0.2, 0.25) is 0 Å². The van der Waals surface area contributed by atoms with Crippen molar-refractivity contribution in [3.05, 3.63) is 52.0 Å². The first-order valence-electron chi connectivity index (χ1n) is 8.41. The number of aryl methyl sites for hydroxylation is 2. The van der Waals surface area contributed by atoms with Crippen molar-refractivity contribution in [2.45, 2.75) is 20.3 Å². The van der Waals surface area contributed by atoms with Crippen molar-refractivity contribution in [2.24, 2.45) is 5.92 Å². The maximum atomic E-state index is 12.6. The number of amides is 2. The van der Waals surface area contributed by atoms with Crippen molar-refractivity contribution >= 4 is 39.1 Å². The first-order valence-corrected chi connectivity index (χ1v) is 9.20. The van der Waals surface area contributed by atoms with Gasteiger partial charge in [-0.05, 0) is 61.4 Å². The Morgan fingerprint density at radius 1 is 1.19 bits per heavy atom. The molecule has 1 fully saturated rings. The molecule has 0 spiro atoms. The van der Waals surface area contributed by atoms with Crippen LogP contribution in [-0.2, 0) is 9.59 Å². The van der Waals surface area contributed by atoms with Crippen LogP contribution in [0.4, 0.5) is 11.4 Å². The lowest BCUT2D eigenvalue weighted by Crippen LogP contribution is -2.28. The first-order chi connectivity index (χ1) is 12.4. The second kappa shape index (κ2) is 7.50. The molecule has 6 heteroatoms. The number of halogens is 1. The molecule has 0 unspecified atom stereocenters. The molecule has 0 radical (unpaired) electrons. The molecule has 1 saturated heterocycles. The third kappa shape index (κ3) is 3.75. The normalized spacial score (nSPS) is 16.7. The van der Waals surface area contributed by atoms with Crippen LogP contribution in [0, 0.1) is 19.8 Å². The number of rotatable bonds is 4. The molecule has 2 aromatic carbocycles. The van der Waals surface area contributed by atoms with Gasteiger partial charge >= 0.3 is 0 Å². The van der Waals surface area contributed by atoms with Crippen LogP contribution in [0.15, 0.2) is 40.9 Å². The number of methoxy groups -OCH3 is 1. The summed E-state index contributed by atoms with van der Waals surface area (Å²) >= 11 is 3.52. The maximum Gasteiger partial charge on any atom is 0.229 e. The second-order valence-corrected chi connectivity index (χ2v) is 7.31. The minimum Gasteiger partial charge on any atom is -0.497 e. The highest BCUT2D eigenvalue weighted by molar-refractivity contribution is 9.10. The van der Waals surface area contributed by atoms with Crippen LogP contribution >= 0.6 is 15.9 Å². The van der Waals surface area contributed by atoms with Crippen molar-refractivity contribution in [1.29, 1.82) is 0 Å². The van der Waals surface area contributed by atoms with Gasteiger partial charge < -0.3 is 15.0 Å². The molecule has 5 nitrogen and oxygen atoms in total. The molecule has 26 heavy (non-hydrogen) atoms. The van der Waals surface area contributed by atoms with Gasteiger partial charge in [-0.2, -0.15) is 0 Å². The Hall–Kier alpha value is -2.34. The average molecular weight is 417 g/mol. The fraction of sp³-hybridized carbons (Fsp3) is 0.300. The Morgan fingerprint density at radius 3 is 2.38 bits per heavy atom. The molecule has 1 atom stereocenters. The number of hydrogen-bond donors (Lipinski definition) is 1. The zero-order valence-corrected chi connectivity index (χ0v) is 16.6. The van der Waals surface area contributed by atoms with Crippen LogP contribution < -0.4 is 15.0 Å². The van der Waals surface area contributed by atoms with E-state index in [0.29, 0.717) is 6.54 Å². The molecule has 0 bridgehead atoms. The molecule has 0 saturated carbocycles. The quantitative estimate of drug-likeness (QED) is 0.816. The highest BCUT2D eigenvalue weighted by Crippen LogP contribution is 2.29. The van der Waals surface area contributed by atoms with Crippen molar-refractivity contribution in [1.82, 2.24) is 0 Å². The zero-order chi connectivity index (χ0) is 18.8. The van der Waals surface area contributed by atoms with Gasteiger partial charge in [0.1, 0.15) is 5.75 Å². The van der Waals surface area contributed by atoms with E-state index in [0.717, 1.165) is 32.7 Å². The lowest BCUT2D eigenvalue weighted by atomic mass is 10.1. The van der Waals surface area contributed by atoms with Gasteiger partial charge in [0.05, 0.1) is 13.0 Å². The molecular formula is C20H21BrN2O3. The van der Waals surface area contributed by atoms with E-state index in [1.807, 2.05) is 50.2 Å². The number of carbonyl (C=O) groups is 2. The molecule has 0 aromatic heterocycles. The SMILES string of the molecule is COc1ccc(N2C[C@H](C(=O)Nc3cc(C)c(Br)c(C)c3)CC2=O)cc1. The van der Waals surface area contributed by atoms with E-state index in [9.17, 15) is 9.59 Å². The first kappa shape index (κ1) is 18.5. The van der Waals surface area contributed by atoms with Gasteiger partial charge in [0.25, 0.3) is 0 Å². The zero-order valence-electron chi connectivity index (χ0n) is 15.0. The predicted molar refractivity (Wildman–Crippen MR) is 106 cm³/mol. The fourth-order valence-electron chi connectivity index (χ4n) is 3.16. The Labute approximate surface area is 161 Å². The third-order valence-corrected chi connectivity index (χ3v) is 5.83. The molecule has 0 aliphatic carbocycles. The summed E-state index contributed by atoms with van der Waals surface area (Å²) in [5.74, 6) is 0.193. The predicted octanol–water partition coefficient (Wildman–Crippen LogP) is 4.07. The van der Waals surface area contributed by atoms with Crippen molar-refractivity contribution in [3.63, 3.8) is 0 Å². The standard InChI is InChI=1S/C20H21BrN2O3/c1-12-8-15(9-13(2)19(12)21)22-20(25)14-10-18(24)23(11-14)16-4-6-17(26-3)7-5-16/h4-9,14H,10-11H2,1-3H3,(H,22,25)/t14-/m1/s1. The lowest BCUT2D eigenvalue weighted by Gasteiger charge is -2.17. The Bertz CT molecular complexity index is 826. The third-order valence-electron chi connectivity index (χ3n) is 4.58. The number of nitrogens with zero attached hydrogens (tertiary/aromatic N) is 1. The number of ether oxygens (including phenoxy) is 1. The van der Waals surface area contributed by atoms with Gasteiger partial charge in [-0.25, -0.2) is 0 Å². The minimum atomic E-state index is -0.367. The van der Waals surface area contributed by atoms with E-state index >= 15 is 0 Å². The Balaban J connectivity index is 1.70. The Kier molecular flexibility index (Phi) is 5.32. The number of anilines is 2. The number of carbonyl (C=O) groups excluding carboxylic acids is 2. The summed E-state index contributed by atoms with van der Waals surface area (Å²) in [4.78, 5) is 26.6. The van der Waals surface area contributed by atoms with Crippen LogP contribution in [-0.4, -0.2) is 25.5 Å². The maximum absolute atomic E-state index is 12.6. The summed E-state index contributed by atoms with van der Waals surface area (Å²) in [7, 11) is 1.60. The fourth-order valence-corrected chi connectivity index (χ4v) is 3.39. The Morgan fingerprint density at radius 2 is 1.81 bits per heavy atom. The monoisotopic (exact) mass is 416 g/mol. The van der Waals surface area contributed by atoms with E-state index in [-0.39, 0.29) is 24.2 Å². The molecule has 136 valence electrons. The molecule has 3 rings (SSSR count). The minimum absolute atomic E-state index is 0.0431. The van der Waals surface area contributed by atoms with E-state index in [1.165, 1.54) is 0 Å². The van der Waals surface area contributed by atoms with Gasteiger partial charge in [-0.1, -0.05) is 15.9 Å². The van der Waals surface area contributed by atoms with Crippen molar-refractivity contribution in [3.8, 4) is 5.75 Å². The summed E-state index contributed by atoms with van der Waals surface area (Å²) in [5, 5.41) is 2.94. The molecule has 1 aliphatic rings. The van der Waals surface area contributed by atoms with Gasteiger partial charge in [-0.3, -0.25) is 9.59 Å². The highest BCUT2D eigenvalue weighted by Gasteiger charge is 2.35. The summed E-state index contributed by atoms with van der Waals surface area (Å²) < 4.78 is 6.18. The van der Waals surface area contributed by atoms with E-state index in [2.05, 4.69) is 21.2 Å². The van der Waals surface area contributed by atoms with Gasteiger partial charge in [0, 0.05) is 28.8 Å². The second-order valence-electron chi connectivity index (χ2n) is 6.52. The number of hydrogen-bond acceptors (Lipinski definition) is 3. The van der Waals surface area contributed by atoms with Crippen LogP contribution in [0.1, 0.15) is 17.5 Å². The topological polar surface area (TPSA) is 58.6 Å². The number of nitrogens with one attached hydrogen (secondary N) is 1. The van der Waals surface area contributed by atoms with Gasteiger partial charge in [0.2, 0.25) is 11.8 Å². The summed E-state index contributed by atoms with van der Waals surface area (Å²) in [6, 6.07) is 11.1. The molecule has 2 amide bonds. The van der Waals surface area contributed by atoms with Crippen LogP contribution in [0.5, 0.6) is 5.75 Å². The average Bonchev–Trinajstić information content (AvgIpc) is 3.01. The van der Waals surface area contributed by atoms with Crippen LogP contribution in [0.25, 0.3) is 0 Å². The van der Waals surface area contributed by atoms with Crippen LogP contribution in [0.3, 0.4) is 0 Å². The molecule has 1 N–H and O–H groups in total. The van der Waals surface area contributed by atoms with E-state index < -0.39 is 0 Å². The lowest BCUT2D eigenvalue weighted by molar-refractivity contribution is -0.122. The number of benzene rings is 2. The van der Waals surface area contributed by atoms with E-state index in [1.54, 1.807) is 12.0 Å². The van der Waals surface area contributed by atoms with Crippen molar-refractivity contribution in [2.75, 3.05) is 23.9 Å². The molecular weight excluding hydrogens is 396 g/mol. The summed E-state index contributed by atoms with van der Waals surface area (Å²) in [5.41, 5.74) is 3.65. The van der Waals surface area contributed by atoms with Gasteiger partial charge in [0.15, 0.2) is 0 Å². The van der Waals surface area contributed by atoms with Crippen molar-refractivity contribution < 1.29 is 14.3 Å². The summed E-state index contributed by atoms with van der Waals surface area (Å²) in [6.07, 6.45) is 0.215. The van der Waals surface area contributed by atoms with Gasteiger partial charge in [-0.15, -0.1) is 0 Å². The molecule has 1 aliphatic heterocycles. The summed E-state index contributed by atoms with van der Waals surface area (Å²) in [6.45, 7) is 4.35. The largest absolute Gasteiger partial charge is 0.497 e. The smallest absolute Gasteiger partial charge is 0.229 e.